The normalized spacial score (nSPS) is 17.2. The van der Waals surface area contributed by atoms with Gasteiger partial charge in [-0.2, -0.15) is 5.10 Å². The topological polar surface area (TPSA) is 70.5 Å². The van der Waals surface area contributed by atoms with E-state index in [9.17, 15) is 9.59 Å². The summed E-state index contributed by atoms with van der Waals surface area (Å²) in [5.41, 5.74) is 3.77. The Morgan fingerprint density at radius 3 is 2.41 bits per heavy atom. The van der Waals surface area contributed by atoms with Crippen molar-refractivity contribution in [1.82, 2.24) is 24.9 Å². The van der Waals surface area contributed by atoms with Crippen LogP contribution in [0.1, 0.15) is 54.9 Å². The van der Waals surface area contributed by atoms with Gasteiger partial charge < -0.3 is 10.2 Å². The Labute approximate surface area is 194 Å². The van der Waals surface area contributed by atoms with E-state index in [1.165, 1.54) is 6.42 Å². The first-order chi connectivity index (χ1) is 15.4. The van der Waals surface area contributed by atoms with Crippen molar-refractivity contribution in [3.05, 3.63) is 46.2 Å². The smallest absolute Gasteiger partial charge is 0.274 e. The summed E-state index contributed by atoms with van der Waals surface area (Å²) in [5, 5.41) is 8.43. The first-order valence-electron chi connectivity index (χ1n) is 11.6. The van der Waals surface area contributed by atoms with Crippen LogP contribution in [-0.4, -0.2) is 70.2 Å². The fourth-order valence-corrected chi connectivity index (χ4v) is 4.70. The number of hydrogen-bond acceptors (Lipinski definition) is 4. The molecule has 32 heavy (non-hydrogen) atoms. The van der Waals surface area contributed by atoms with Crippen LogP contribution in [0.3, 0.4) is 0 Å². The lowest BCUT2D eigenvalue weighted by Crippen LogP contribution is -2.51. The molecule has 1 fully saturated rings. The van der Waals surface area contributed by atoms with E-state index in [-0.39, 0.29) is 17.9 Å². The van der Waals surface area contributed by atoms with E-state index in [0.717, 1.165) is 42.6 Å². The second-order valence-corrected chi connectivity index (χ2v) is 9.45. The first-order valence-corrected chi connectivity index (χ1v) is 12.0. The Bertz CT molecular complexity index is 962. The molecule has 1 aromatic heterocycles. The molecule has 0 spiro atoms. The Morgan fingerprint density at radius 2 is 1.72 bits per heavy atom. The van der Waals surface area contributed by atoms with Gasteiger partial charge in [0.2, 0.25) is 5.91 Å². The molecule has 1 aliphatic carbocycles. The number of nitrogens with zero attached hydrogens (tertiary/aromatic N) is 4. The van der Waals surface area contributed by atoms with Gasteiger partial charge in [-0.3, -0.25) is 14.5 Å². The number of piperazine rings is 1. The molecule has 0 radical (unpaired) electrons. The van der Waals surface area contributed by atoms with Crippen LogP contribution in [-0.2, 0) is 17.6 Å². The third-order valence-electron chi connectivity index (χ3n) is 6.18. The molecule has 2 amide bonds. The Hall–Kier alpha value is -2.38. The molecular formula is C24H32ClN5O2. The summed E-state index contributed by atoms with van der Waals surface area (Å²) in [4.78, 5) is 29.5. The number of amides is 2. The zero-order valence-corrected chi connectivity index (χ0v) is 19.7. The van der Waals surface area contributed by atoms with Crippen molar-refractivity contribution < 1.29 is 9.59 Å². The zero-order valence-electron chi connectivity index (χ0n) is 18.9. The van der Waals surface area contributed by atoms with E-state index in [2.05, 4.69) is 10.2 Å². The summed E-state index contributed by atoms with van der Waals surface area (Å²) in [6, 6.07) is 7.76. The molecule has 1 N–H and O–H groups in total. The molecule has 4 rings (SSSR count). The fourth-order valence-electron chi connectivity index (χ4n) is 4.57. The molecule has 0 atom stereocenters. The monoisotopic (exact) mass is 457 g/mol. The molecule has 2 heterocycles. The number of hydrogen-bond donors (Lipinski definition) is 1. The van der Waals surface area contributed by atoms with Gasteiger partial charge in [0, 0.05) is 48.5 Å². The molecule has 172 valence electrons. The maximum absolute atomic E-state index is 13.5. The summed E-state index contributed by atoms with van der Waals surface area (Å²) < 4.78 is 1.94. The van der Waals surface area contributed by atoms with Crippen LogP contribution in [0, 0.1) is 0 Å². The maximum atomic E-state index is 13.5. The van der Waals surface area contributed by atoms with Crippen molar-refractivity contribution in [3.8, 4) is 5.69 Å². The van der Waals surface area contributed by atoms with E-state index < -0.39 is 0 Å². The van der Waals surface area contributed by atoms with E-state index in [4.69, 9.17) is 16.7 Å². The first kappa shape index (κ1) is 22.8. The van der Waals surface area contributed by atoms with Crippen LogP contribution in [0.4, 0.5) is 0 Å². The van der Waals surface area contributed by atoms with Crippen LogP contribution in [0.15, 0.2) is 24.3 Å². The third kappa shape index (κ3) is 5.15. The predicted molar refractivity (Wildman–Crippen MR) is 125 cm³/mol. The molecule has 0 unspecified atom stereocenters. The minimum atomic E-state index is 0.00199. The number of rotatable bonds is 5. The van der Waals surface area contributed by atoms with Crippen LogP contribution in [0.5, 0.6) is 0 Å². The van der Waals surface area contributed by atoms with Crippen molar-refractivity contribution >= 4 is 23.4 Å². The number of fused-ring (bicyclic) bond motifs is 1. The second-order valence-electron chi connectivity index (χ2n) is 9.01. The van der Waals surface area contributed by atoms with Crippen LogP contribution in [0.25, 0.3) is 5.69 Å². The molecule has 7 nitrogen and oxygen atoms in total. The number of nitrogens with one attached hydrogen (secondary N) is 1. The van der Waals surface area contributed by atoms with E-state index in [0.29, 0.717) is 43.4 Å². The lowest BCUT2D eigenvalue weighted by molar-refractivity contribution is -0.123. The van der Waals surface area contributed by atoms with E-state index in [1.54, 1.807) is 0 Å². The van der Waals surface area contributed by atoms with Gasteiger partial charge in [-0.25, -0.2) is 4.68 Å². The van der Waals surface area contributed by atoms with Gasteiger partial charge in [0.1, 0.15) is 0 Å². The largest absolute Gasteiger partial charge is 0.353 e. The molecule has 1 aromatic carbocycles. The molecule has 2 aliphatic rings. The summed E-state index contributed by atoms with van der Waals surface area (Å²) in [5.74, 6) is 0.0361. The van der Waals surface area contributed by atoms with E-state index >= 15 is 0 Å². The lowest BCUT2D eigenvalue weighted by Gasteiger charge is -2.34. The minimum Gasteiger partial charge on any atom is -0.353 e. The highest BCUT2D eigenvalue weighted by molar-refractivity contribution is 6.30. The molecule has 8 heteroatoms. The highest BCUT2D eigenvalue weighted by Crippen LogP contribution is 2.28. The van der Waals surface area contributed by atoms with Gasteiger partial charge in [0.25, 0.3) is 5.91 Å². The molecule has 0 bridgehead atoms. The van der Waals surface area contributed by atoms with Gasteiger partial charge in [-0.15, -0.1) is 0 Å². The average molecular weight is 458 g/mol. The van der Waals surface area contributed by atoms with Gasteiger partial charge >= 0.3 is 0 Å². The molecule has 2 aromatic rings. The van der Waals surface area contributed by atoms with Gasteiger partial charge in [-0.1, -0.05) is 18.0 Å². The number of aromatic nitrogens is 2. The standard InChI is InChI=1S/C24H32ClN5O2/c1-17(2)26-22(31)16-28-12-14-29(15-13-28)24(32)23-20-6-4-3-5-7-21(20)30(27-23)19-10-8-18(25)9-11-19/h8-11,17H,3-7,12-16H2,1-2H3,(H,26,31). The zero-order chi connectivity index (χ0) is 22.7. The lowest BCUT2D eigenvalue weighted by atomic mass is 10.1. The maximum Gasteiger partial charge on any atom is 0.274 e. The summed E-state index contributed by atoms with van der Waals surface area (Å²) in [6.07, 6.45) is 5.17. The molecular weight excluding hydrogens is 426 g/mol. The third-order valence-corrected chi connectivity index (χ3v) is 6.43. The predicted octanol–water partition coefficient (Wildman–Crippen LogP) is 3.08. The molecule has 0 saturated carbocycles. The van der Waals surface area contributed by atoms with Gasteiger partial charge in [0.15, 0.2) is 5.69 Å². The SMILES string of the molecule is CC(C)NC(=O)CN1CCN(C(=O)c2nn(-c3ccc(Cl)cc3)c3c2CCCCC3)CC1. The van der Waals surface area contributed by atoms with Crippen LogP contribution < -0.4 is 5.32 Å². The van der Waals surface area contributed by atoms with Crippen molar-refractivity contribution in [2.45, 2.75) is 52.0 Å². The Kier molecular flexibility index (Phi) is 7.16. The van der Waals surface area contributed by atoms with Crippen molar-refractivity contribution in [3.63, 3.8) is 0 Å². The van der Waals surface area contributed by atoms with Crippen molar-refractivity contribution in [1.29, 1.82) is 0 Å². The van der Waals surface area contributed by atoms with E-state index in [1.807, 2.05) is 47.7 Å². The Balaban J connectivity index is 1.50. The van der Waals surface area contributed by atoms with Crippen molar-refractivity contribution in [2.24, 2.45) is 0 Å². The number of carbonyl (C=O) groups is 2. The van der Waals surface area contributed by atoms with Gasteiger partial charge in [0.05, 0.1) is 12.2 Å². The fraction of sp³-hybridized carbons (Fsp3) is 0.542. The summed E-state index contributed by atoms with van der Waals surface area (Å²) >= 11 is 6.07. The quantitative estimate of drug-likeness (QED) is 0.700. The summed E-state index contributed by atoms with van der Waals surface area (Å²) in [6.45, 7) is 6.89. The number of carbonyl (C=O) groups excluding carboxylic acids is 2. The second kappa shape index (κ2) is 10.0. The Morgan fingerprint density at radius 1 is 1.03 bits per heavy atom. The average Bonchev–Trinajstić information content (AvgIpc) is 2.95. The molecule has 1 aliphatic heterocycles. The number of benzene rings is 1. The van der Waals surface area contributed by atoms with Gasteiger partial charge in [-0.05, 0) is 63.8 Å². The summed E-state index contributed by atoms with van der Waals surface area (Å²) in [7, 11) is 0. The number of halogens is 1. The van der Waals surface area contributed by atoms with Crippen molar-refractivity contribution in [2.75, 3.05) is 32.7 Å². The van der Waals surface area contributed by atoms with Crippen LogP contribution >= 0.6 is 11.6 Å². The molecule has 1 saturated heterocycles. The highest BCUT2D eigenvalue weighted by Gasteiger charge is 2.30. The minimum absolute atomic E-state index is 0.00199. The van der Waals surface area contributed by atoms with Crippen LogP contribution in [0.2, 0.25) is 5.02 Å². The highest BCUT2D eigenvalue weighted by atomic mass is 35.5.